The lowest BCUT2D eigenvalue weighted by Crippen LogP contribution is -2.25. The third-order valence-corrected chi connectivity index (χ3v) is 5.60. The zero-order valence-corrected chi connectivity index (χ0v) is 21.6. The average molecular weight is 477 g/mol. The molecular weight excluding hydrogens is 432 g/mol. The van der Waals surface area contributed by atoms with Crippen molar-refractivity contribution in [3.05, 3.63) is 29.8 Å². The number of hydrazone groups is 1. The van der Waals surface area contributed by atoms with E-state index in [0.29, 0.717) is 17.2 Å². The van der Waals surface area contributed by atoms with E-state index in [9.17, 15) is 14.7 Å². The Hall–Kier alpha value is -2.41. The molecular formula is C27H44N2O5. The van der Waals surface area contributed by atoms with Gasteiger partial charge in [0.1, 0.15) is 17.4 Å². The summed E-state index contributed by atoms with van der Waals surface area (Å²) in [6, 6.07) is 6.79. The van der Waals surface area contributed by atoms with Crippen LogP contribution >= 0.6 is 0 Å². The van der Waals surface area contributed by atoms with Crippen LogP contribution in [0, 0.1) is 5.92 Å². The first-order chi connectivity index (χ1) is 16.2. The summed E-state index contributed by atoms with van der Waals surface area (Å²) in [4.78, 5) is 24.8. The number of hydrogen-bond acceptors (Lipinski definition) is 6. The van der Waals surface area contributed by atoms with E-state index in [1.165, 1.54) is 0 Å². The molecule has 2 atom stereocenters. The van der Waals surface area contributed by atoms with Crippen molar-refractivity contribution in [2.45, 2.75) is 104 Å². The fraction of sp³-hybridized carbons (Fsp3) is 0.667. The molecule has 0 spiro atoms. The summed E-state index contributed by atoms with van der Waals surface area (Å²) in [5.41, 5.74) is 2.13. The molecule has 7 heteroatoms. The summed E-state index contributed by atoms with van der Waals surface area (Å²) in [5.74, 6) is -0.113. The SMILES string of the molecule is CCCCCC(CC)OC(=O)c1ccccc1OCC(=O)NN=CCC(C)CCCC(C)(C)O. The highest BCUT2D eigenvalue weighted by Crippen LogP contribution is 2.21. The molecule has 0 saturated heterocycles. The number of nitrogens with zero attached hydrogens (tertiary/aromatic N) is 1. The second kappa shape index (κ2) is 16.3. The number of para-hydroxylation sites is 1. The molecule has 0 aliphatic heterocycles. The molecule has 34 heavy (non-hydrogen) atoms. The van der Waals surface area contributed by atoms with E-state index in [1.807, 2.05) is 20.8 Å². The van der Waals surface area contributed by atoms with Crippen LogP contribution in [0.15, 0.2) is 29.4 Å². The number of carbonyl (C=O) groups is 2. The van der Waals surface area contributed by atoms with Gasteiger partial charge in [0.2, 0.25) is 0 Å². The molecule has 0 heterocycles. The van der Waals surface area contributed by atoms with Crippen LogP contribution in [0.2, 0.25) is 0 Å². The quantitative estimate of drug-likeness (QED) is 0.131. The van der Waals surface area contributed by atoms with E-state index < -0.39 is 17.5 Å². The molecule has 1 rings (SSSR count). The molecule has 0 fully saturated rings. The van der Waals surface area contributed by atoms with Crippen LogP contribution in [-0.2, 0) is 9.53 Å². The Morgan fingerprint density at radius 3 is 2.56 bits per heavy atom. The topological polar surface area (TPSA) is 97.2 Å². The van der Waals surface area contributed by atoms with Crippen molar-refractivity contribution in [2.75, 3.05) is 6.61 Å². The Labute approximate surface area is 205 Å². The van der Waals surface area contributed by atoms with Gasteiger partial charge in [0.05, 0.1) is 5.60 Å². The summed E-state index contributed by atoms with van der Waals surface area (Å²) in [5, 5.41) is 13.7. The number of unbranched alkanes of at least 4 members (excludes halogenated alkanes) is 2. The Bertz CT molecular complexity index is 758. The minimum atomic E-state index is -0.635. The third-order valence-electron chi connectivity index (χ3n) is 5.60. The number of amides is 1. The van der Waals surface area contributed by atoms with Crippen molar-refractivity contribution in [2.24, 2.45) is 11.0 Å². The number of esters is 1. The highest BCUT2D eigenvalue weighted by atomic mass is 16.5. The summed E-state index contributed by atoms with van der Waals surface area (Å²) in [7, 11) is 0. The first-order valence-corrected chi connectivity index (χ1v) is 12.6. The lowest BCUT2D eigenvalue weighted by Gasteiger charge is -2.17. The van der Waals surface area contributed by atoms with E-state index in [4.69, 9.17) is 9.47 Å². The Balaban J connectivity index is 2.46. The van der Waals surface area contributed by atoms with E-state index >= 15 is 0 Å². The third kappa shape index (κ3) is 13.3. The first-order valence-electron chi connectivity index (χ1n) is 12.6. The lowest BCUT2D eigenvalue weighted by molar-refractivity contribution is -0.123. The summed E-state index contributed by atoms with van der Waals surface area (Å²) in [6.07, 6.45) is 9.85. The minimum absolute atomic E-state index is 0.123. The second-order valence-corrected chi connectivity index (χ2v) is 9.61. The standard InChI is InChI=1S/C27H44N2O5/c1-6-8-9-14-22(7-2)34-26(31)23-15-10-11-16-24(23)33-20-25(30)29-28-19-17-21(3)13-12-18-27(4,5)32/h10-11,15-16,19,21-22,32H,6-9,12-14,17-18,20H2,1-5H3,(H,29,30). The van der Waals surface area contributed by atoms with E-state index in [1.54, 1.807) is 30.5 Å². The average Bonchev–Trinajstić information content (AvgIpc) is 2.79. The van der Waals surface area contributed by atoms with Gasteiger partial charge >= 0.3 is 5.97 Å². The summed E-state index contributed by atoms with van der Waals surface area (Å²) < 4.78 is 11.3. The number of benzene rings is 1. The van der Waals surface area contributed by atoms with Gasteiger partial charge in [-0.15, -0.1) is 0 Å². The predicted molar refractivity (Wildman–Crippen MR) is 136 cm³/mol. The summed E-state index contributed by atoms with van der Waals surface area (Å²) in [6.45, 7) is 9.64. The molecule has 7 nitrogen and oxygen atoms in total. The van der Waals surface area contributed by atoms with Gasteiger partial charge in [-0.2, -0.15) is 5.10 Å². The van der Waals surface area contributed by atoms with Crippen molar-refractivity contribution in [3.8, 4) is 5.75 Å². The van der Waals surface area contributed by atoms with Crippen LogP contribution in [0.4, 0.5) is 0 Å². The van der Waals surface area contributed by atoms with Crippen LogP contribution < -0.4 is 10.2 Å². The number of rotatable bonds is 17. The number of ether oxygens (including phenoxy) is 2. The predicted octanol–water partition coefficient (Wildman–Crippen LogP) is 5.65. The monoisotopic (exact) mass is 476 g/mol. The molecule has 0 radical (unpaired) electrons. The molecule has 192 valence electrons. The van der Waals surface area contributed by atoms with Crippen molar-refractivity contribution in [1.82, 2.24) is 5.43 Å². The Morgan fingerprint density at radius 1 is 1.15 bits per heavy atom. The second-order valence-electron chi connectivity index (χ2n) is 9.61. The van der Waals surface area contributed by atoms with Gasteiger partial charge in [-0.3, -0.25) is 4.79 Å². The normalized spacial score (nSPS) is 13.5. The fourth-order valence-corrected chi connectivity index (χ4v) is 3.47. The molecule has 0 saturated carbocycles. The summed E-state index contributed by atoms with van der Waals surface area (Å²) >= 11 is 0. The van der Waals surface area contributed by atoms with E-state index in [-0.39, 0.29) is 12.7 Å². The largest absolute Gasteiger partial charge is 0.483 e. The zero-order chi connectivity index (χ0) is 25.4. The lowest BCUT2D eigenvalue weighted by atomic mass is 9.95. The first kappa shape index (κ1) is 29.6. The van der Waals surface area contributed by atoms with Gasteiger partial charge in [-0.1, -0.05) is 58.6 Å². The van der Waals surface area contributed by atoms with E-state index in [0.717, 1.165) is 57.8 Å². The fourth-order valence-electron chi connectivity index (χ4n) is 3.47. The van der Waals surface area contributed by atoms with Gasteiger partial charge < -0.3 is 14.6 Å². The van der Waals surface area contributed by atoms with Crippen molar-refractivity contribution < 1.29 is 24.2 Å². The van der Waals surface area contributed by atoms with E-state index in [2.05, 4.69) is 24.4 Å². The molecule has 0 aliphatic rings. The molecule has 2 unspecified atom stereocenters. The molecule has 0 aliphatic carbocycles. The van der Waals surface area contributed by atoms with Crippen LogP contribution in [0.25, 0.3) is 0 Å². The van der Waals surface area contributed by atoms with Gasteiger partial charge in [0, 0.05) is 6.21 Å². The van der Waals surface area contributed by atoms with Crippen LogP contribution in [0.5, 0.6) is 5.75 Å². The van der Waals surface area contributed by atoms with Crippen LogP contribution in [0.1, 0.15) is 103 Å². The number of aliphatic hydroxyl groups is 1. The molecule has 0 aromatic heterocycles. The molecule has 1 aromatic carbocycles. The minimum Gasteiger partial charge on any atom is -0.483 e. The van der Waals surface area contributed by atoms with Gasteiger partial charge in [-0.25, -0.2) is 10.2 Å². The number of carbonyl (C=O) groups excluding carboxylic acids is 2. The highest BCUT2D eigenvalue weighted by Gasteiger charge is 2.18. The maximum absolute atomic E-state index is 12.7. The molecule has 0 bridgehead atoms. The van der Waals surface area contributed by atoms with Crippen LogP contribution in [0.3, 0.4) is 0 Å². The molecule has 1 aromatic rings. The maximum Gasteiger partial charge on any atom is 0.342 e. The van der Waals surface area contributed by atoms with Gasteiger partial charge in [-0.05, 0) is 64.0 Å². The van der Waals surface area contributed by atoms with Gasteiger partial charge in [0.15, 0.2) is 6.61 Å². The molecule has 1 amide bonds. The molecule has 2 N–H and O–H groups in total. The highest BCUT2D eigenvalue weighted by molar-refractivity contribution is 5.92. The van der Waals surface area contributed by atoms with Gasteiger partial charge in [0.25, 0.3) is 5.91 Å². The maximum atomic E-state index is 12.7. The smallest absolute Gasteiger partial charge is 0.342 e. The Kier molecular flexibility index (Phi) is 14.2. The van der Waals surface area contributed by atoms with Crippen molar-refractivity contribution in [3.63, 3.8) is 0 Å². The Morgan fingerprint density at radius 2 is 1.88 bits per heavy atom. The van der Waals surface area contributed by atoms with Crippen molar-refractivity contribution in [1.29, 1.82) is 0 Å². The van der Waals surface area contributed by atoms with Crippen LogP contribution in [-0.4, -0.2) is 41.5 Å². The number of nitrogens with one attached hydrogen (secondary N) is 1. The van der Waals surface area contributed by atoms with Crippen molar-refractivity contribution >= 4 is 18.1 Å². The zero-order valence-electron chi connectivity index (χ0n) is 21.6. The number of hydrogen-bond donors (Lipinski definition) is 2.